The van der Waals surface area contributed by atoms with Gasteiger partial charge in [-0.1, -0.05) is 48.5 Å². The molecule has 4 amide bonds. The maximum atomic E-state index is 13.2. The molecule has 1 unspecified atom stereocenters. The number of amides is 4. The second-order valence-corrected chi connectivity index (χ2v) is 7.77. The fraction of sp³-hybridized carbons (Fsp3) is 0.200. The Morgan fingerprint density at radius 1 is 1.06 bits per heavy atom. The Labute approximate surface area is 185 Å². The van der Waals surface area contributed by atoms with Gasteiger partial charge < -0.3 is 10.2 Å². The molecule has 0 saturated carbocycles. The molecule has 0 radical (unpaired) electrons. The van der Waals surface area contributed by atoms with Crippen LogP contribution in [-0.2, 0) is 15.1 Å². The molecular weight excluding hydrogens is 404 g/mol. The van der Waals surface area contributed by atoms with Gasteiger partial charge >= 0.3 is 6.03 Å². The minimum absolute atomic E-state index is 0.351. The smallest absolute Gasteiger partial charge is 0.319 e. The molecule has 1 aliphatic rings. The van der Waals surface area contributed by atoms with Gasteiger partial charge in [0.25, 0.3) is 5.91 Å². The number of carbonyl (C=O) groups is 3. The number of nitriles is 1. The normalized spacial score (nSPS) is 17.8. The van der Waals surface area contributed by atoms with E-state index in [1.165, 1.54) is 0 Å². The first kappa shape index (κ1) is 21.1. The lowest BCUT2D eigenvalue weighted by Crippen LogP contribution is -2.44. The molecule has 0 aromatic heterocycles. The molecule has 1 aliphatic heterocycles. The van der Waals surface area contributed by atoms with Crippen molar-refractivity contribution < 1.29 is 14.4 Å². The Morgan fingerprint density at radius 3 is 2.44 bits per heavy atom. The molecule has 1 N–H and O–H groups in total. The van der Waals surface area contributed by atoms with E-state index >= 15 is 0 Å². The lowest BCUT2D eigenvalue weighted by Gasteiger charge is -2.25. The standard InChI is InChI=1S/C25H22N4O3/c1-3-28(21-10-6-8-18-7-4-5-9-20(18)21)22(30)16-29-23(31)25(2,27-24(29)32)19-13-11-17(15-26)12-14-19/h4-14H,3,16H2,1-2H3,(H,27,32). The van der Waals surface area contributed by atoms with Crippen LogP contribution in [0.5, 0.6) is 0 Å². The van der Waals surface area contributed by atoms with Crippen LogP contribution in [0.2, 0.25) is 0 Å². The van der Waals surface area contributed by atoms with E-state index in [1.54, 1.807) is 36.1 Å². The SMILES string of the molecule is CCN(C(=O)CN1C(=O)NC(C)(c2ccc(C#N)cc2)C1=O)c1cccc2ccccc12. The van der Waals surface area contributed by atoms with Crippen LogP contribution in [0.3, 0.4) is 0 Å². The summed E-state index contributed by atoms with van der Waals surface area (Å²) in [6.07, 6.45) is 0. The third-order valence-electron chi connectivity index (χ3n) is 5.83. The Kier molecular flexibility index (Phi) is 5.37. The van der Waals surface area contributed by atoms with Crippen molar-refractivity contribution in [1.29, 1.82) is 5.26 Å². The third kappa shape index (κ3) is 3.46. The zero-order valence-corrected chi connectivity index (χ0v) is 17.8. The molecule has 0 spiro atoms. The molecule has 1 heterocycles. The highest BCUT2D eigenvalue weighted by Gasteiger charge is 2.49. The number of benzene rings is 3. The third-order valence-corrected chi connectivity index (χ3v) is 5.83. The van der Waals surface area contributed by atoms with E-state index < -0.39 is 17.5 Å². The van der Waals surface area contributed by atoms with E-state index in [9.17, 15) is 14.4 Å². The number of imide groups is 1. The average Bonchev–Trinajstić information content (AvgIpc) is 3.03. The first-order valence-corrected chi connectivity index (χ1v) is 10.3. The van der Waals surface area contributed by atoms with E-state index in [1.807, 2.05) is 55.5 Å². The number of anilines is 1. The van der Waals surface area contributed by atoms with Crippen molar-refractivity contribution in [2.75, 3.05) is 18.0 Å². The number of carbonyl (C=O) groups excluding carboxylic acids is 3. The number of nitrogens with one attached hydrogen (secondary N) is 1. The lowest BCUT2D eigenvalue weighted by atomic mass is 9.91. The van der Waals surface area contributed by atoms with Crippen LogP contribution in [0.1, 0.15) is 25.0 Å². The van der Waals surface area contributed by atoms with Gasteiger partial charge in [0.15, 0.2) is 0 Å². The first-order chi connectivity index (χ1) is 15.4. The predicted octanol–water partition coefficient (Wildman–Crippen LogP) is 3.53. The van der Waals surface area contributed by atoms with Gasteiger partial charge in [0.2, 0.25) is 5.91 Å². The summed E-state index contributed by atoms with van der Waals surface area (Å²) in [6, 6.07) is 21.3. The van der Waals surface area contributed by atoms with E-state index in [0.717, 1.165) is 21.4 Å². The quantitative estimate of drug-likeness (QED) is 0.632. The summed E-state index contributed by atoms with van der Waals surface area (Å²) in [7, 11) is 0. The van der Waals surface area contributed by atoms with Gasteiger partial charge in [0.1, 0.15) is 12.1 Å². The van der Waals surface area contributed by atoms with E-state index in [4.69, 9.17) is 5.26 Å². The van der Waals surface area contributed by atoms with Crippen LogP contribution in [0.25, 0.3) is 10.8 Å². The molecular formula is C25H22N4O3. The van der Waals surface area contributed by atoms with Gasteiger partial charge in [-0.25, -0.2) is 4.79 Å². The molecule has 0 aliphatic carbocycles. The maximum absolute atomic E-state index is 13.2. The van der Waals surface area contributed by atoms with Gasteiger partial charge in [0, 0.05) is 11.9 Å². The molecule has 160 valence electrons. The molecule has 1 fully saturated rings. The number of likely N-dealkylation sites (N-methyl/N-ethyl adjacent to an activating group) is 1. The average molecular weight is 426 g/mol. The van der Waals surface area contributed by atoms with Crippen molar-refractivity contribution >= 4 is 34.3 Å². The predicted molar refractivity (Wildman–Crippen MR) is 121 cm³/mol. The lowest BCUT2D eigenvalue weighted by molar-refractivity contribution is -0.134. The highest BCUT2D eigenvalue weighted by atomic mass is 16.2. The Morgan fingerprint density at radius 2 is 1.75 bits per heavy atom. The fourth-order valence-corrected chi connectivity index (χ4v) is 4.06. The van der Waals surface area contributed by atoms with Crippen LogP contribution >= 0.6 is 0 Å². The Balaban J connectivity index is 1.60. The number of hydrogen-bond donors (Lipinski definition) is 1. The molecule has 7 nitrogen and oxygen atoms in total. The van der Waals surface area contributed by atoms with Gasteiger partial charge in [-0.2, -0.15) is 5.26 Å². The number of rotatable bonds is 5. The fourth-order valence-electron chi connectivity index (χ4n) is 4.06. The summed E-state index contributed by atoms with van der Waals surface area (Å²) in [5, 5.41) is 13.6. The second kappa shape index (κ2) is 8.16. The van der Waals surface area contributed by atoms with Gasteiger partial charge in [-0.3, -0.25) is 14.5 Å². The van der Waals surface area contributed by atoms with Crippen LogP contribution in [0, 0.1) is 11.3 Å². The van der Waals surface area contributed by atoms with Crippen molar-refractivity contribution in [3.05, 3.63) is 77.9 Å². The van der Waals surface area contributed by atoms with Crippen molar-refractivity contribution in [2.24, 2.45) is 0 Å². The van der Waals surface area contributed by atoms with Crippen LogP contribution in [0.4, 0.5) is 10.5 Å². The van der Waals surface area contributed by atoms with E-state index in [-0.39, 0.29) is 12.5 Å². The number of hydrogen-bond acceptors (Lipinski definition) is 4. The molecule has 1 saturated heterocycles. The number of urea groups is 1. The number of fused-ring (bicyclic) bond motifs is 1. The van der Waals surface area contributed by atoms with Gasteiger partial charge in [-0.05, 0) is 43.0 Å². The summed E-state index contributed by atoms with van der Waals surface area (Å²) in [4.78, 5) is 41.6. The van der Waals surface area contributed by atoms with Gasteiger partial charge in [-0.15, -0.1) is 0 Å². The summed E-state index contributed by atoms with van der Waals surface area (Å²) in [5.41, 5.74) is 0.431. The first-order valence-electron chi connectivity index (χ1n) is 10.3. The molecule has 0 bridgehead atoms. The zero-order valence-electron chi connectivity index (χ0n) is 17.8. The highest BCUT2D eigenvalue weighted by molar-refractivity contribution is 6.11. The molecule has 1 atom stereocenters. The zero-order chi connectivity index (χ0) is 22.9. The van der Waals surface area contributed by atoms with Crippen molar-refractivity contribution in [2.45, 2.75) is 19.4 Å². The summed E-state index contributed by atoms with van der Waals surface area (Å²) in [6.45, 7) is 3.48. The topological polar surface area (TPSA) is 93.5 Å². The van der Waals surface area contributed by atoms with Crippen LogP contribution < -0.4 is 10.2 Å². The maximum Gasteiger partial charge on any atom is 0.325 e. The summed E-state index contributed by atoms with van der Waals surface area (Å²) >= 11 is 0. The summed E-state index contributed by atoms with van der Waals surface area (Å²) < 4.78 is 0. The number of nitrogens with zero attached hydrogens (tertiary/aromatic N) is 3. The van der Waals surface area contributed by atoms with E-state index in [2.05, 4.69) is 5.32 Å². The largest absolute Gasteiger partial charge is 0.325 e. The monoisotopic (exact) mass is 426 g/mol. The Bertz CT molecular complexity index is 1260. The van der Waals surface area contributed by atoms with Crippen molar-refractivity contribution in [3.63, 3.8) is 0 Å². The van der Waals surface area contributed by atoms with Crippen LogP contribution in [0.15, 0.2) is 66.7 Å². The minimum atomic E-state index is -1.30. The summed E-state index contributed by atoms with van der Waals surface area (Å²) in [5.74, 6) is -0.856. The molecule has 3 aromatic carbocycles. The minimum Gasteiger partial charge on any atom is -0.319 e. The highest BCUT2D eigenvalue weighted by Crippen LogP contribution is 2.30. The molecule has 7 heteroatoms. The second-order valence-electron chi connectivity index (χ2n) is 7.77. The van der Waals surface area contributed by atoms with Gasteiger partial charge in [0.05, 0.1) is 17.3 Å². The van der Waals surface area contributed by atoms with E-state index in [0.29, 0.717) is 17.7 Å². The molecule has 3 aromatic rings. The molecule has 4 rings (SSSR count). The van der Waals surface area contributed by atoms with Crippen molar-refractivity contribution in [1.82, 2.24) is 10.2 Å². The Hall–Kier alpha value is -4.18. The van der Waals surface area contributed by atoms with Crippen molar-refractivity contribution in [3.8, 4) is 6.07 Å². The van der Waals surface area contributed by atoms with Crippen LogP contribution in [-0.4, -0.2) is 35.8 Å². The molecule has 32 heavy (non-hydrogen) atoms.